The molecule has 0 saturated carbocycles. The van der Waals surface area contributed by atoms with Crippen LogP contribution in [0.5, 0.6) is 0 Å². The van der Waals surface area contributed by atoms with Gasteiger partial charge in [0.25, 0.3) is 0 Å². The molecule has 4 heteroatoms. The Morgan fingerprint density at radius 2 is 0.778 bits per heavy atom. The van der Waals surface area contributed by atoms with Crippen LogP contribution in [0.2, 0.25) is 0 Å². The van der Waals surface area contributed by atoms with E-state index in [0.29, 0.717) is 5.82 Å². The molecule has 3 heterocycles. The van der Waals surface area contributed by atoms with Gasteiger partial charge in [0.2, 0.25) is 0 Å². The highest BCUT2D eigenvalue weighted by Gasteiger charge is 2.13. The van der Waals surface area contributed by atoms with Crippen molar-refractivity contribution in [3.63, 3.8) is 0 Å². The molecule has 10 rings (SSSR count). The first-order valence-electron chi connectivity index (χ1n) is 18.1. The molecule has 4 nitrogen and oxygen atoms in total. The Labute approximate surface area is 313 Å². The smallest absolute Gasteiger partial charge is 0.160 e. The molecule has 0 aliphatic heterocycles. The molecule has 0 amide bonds. The van der Waals surface area contributed by atoms with Crippen molar-refractivity contribution in [2.75, 3.05) is 0 Å². The van der Waals surface area contributed by atoms with E-state index in [2.05, 4.69) is 163 Å². The van der Waals surface area contributed by atoms with Gasteiger partial charge in [-0.05, 0) is 69.4 Å². The van der Waals surface area contributed by atoms with Crippen molar-refractivity contribution in [1.29, 1.82) is 0 Å². The molecule has 0 unspecified atom stereocenters. The highest BCUT2D eigenvalue weighted by atomic mass is 14.9. The van der Waals surface area contributed by atoms with E-state index in [1.807, 2.05) is 36.5 Å². The van der Waals surface area contributed by atoms with E-state index < -0.39 is 0 Å². The molecule has 0 radical (unpaired) electrons. The number of pyridine rings is 2. The molecule has 0 aliphatic rings. The minimum atomic E-state index is 0.701. The average Bonchev–Trinajstić information content (AvgIpc) is 3.26. The molecule has 252 valence electrons. The van der Waals surface area contributed by atoms with Gasteiger partial charge in [-0.1, -0.05) is 152 Å². The molecule has 3 aromatic heterocycles. The van der Waals surface area contributed by atoms with Gasteiger partial charge >= 0.3 is 0 Å². The van der Waals surface area contributed by atoms with E-state index in [1.54, 1.807) is 0 Å². The number of nitrogens with zero attached hydrogens (tertiary/aromatic N) is 4. The fourth-order valence-electron chi connectivity index (χ4n) is 7.25. The van der Waals surface area contributed by atoms with Crippen LogP contribution >= 0.6 is 0 Å². The van der Waals surface area contributed by atoms with Gasteiger partial charge in [-0.15, -0.1) is 0 Å². The number of hydrogen-bond acceptors (Lipinski definition) is 4. The standard InChI is InChI=1S/C50H32N4/c1-3-9-33(10-4-1)34-16-18-35(19-17-34)46-32-47(54-50(53-46)38-11-5-2-6-12-38)43-14-7-13-39(30-43)40-22-23-42-31-44(25-24-41(42)29-40)45-27-26-37-21-20-36-15-8-28-51-48(36)49(37)52-45/h1-32H. The van der Waals surface area contributed by atoms with Crippen molar-refractivity contribution in [3.05, 3.63) is 194 Å². The Kier molecular flexibility index (Phi) is 7.77. The van der Waals surface area contributed by atoms with E-state index in [1.165, 1.54) is 16.5 Å². The van der Waals surface area contributed by atoms with Gasteiger partial charge < -0.3 is 0 Å². The second-order valence-electron chi connectivity index (χ2n) is 13.5. The van der Waals surface area contributed by atoms with E-state index in [9.17, 15) is 0 Å². The maximum atomic E-state index is 5.10. The summed E-state index contributed by atoms with van der Waals surface area (Å²) < 4.78 is 0. The van der Waals surface area contributed by atoms with Gasteiger partial charge in [0.05, 0.1) is 28.1 Å². The molecule has 0 spiro atoms. The van der Waals surface area contributed by atoms with Crippen LogP contribution in [0.15, 0.2) is 194 Å². The van der Waals surface area contributed by atoms with Gasteiger partial charge in [-0.2, -0.15) is 0 Å². The number of hydrogen-bond donors (Lipinski definition) is 0. The molecule has 10 aromatic rings. The molecule has 0 bridgehead atoms. The highest BCUT2D eigenvalue weighted by molar-refractivity contribution is 6.03. The van der Waals surface area contributed by atoms with Crippen molar-refractivity contribution in [2.45, 2.75) is 0 Å². The minimum Gasteiger partial charge on any atom is -0.254 e. The number of aromatic nitrogens is 4. The molecule has 0 fully saturated rings. The van der Waals surface area contributed by atoms with Crippen LogP contribution < -0.4 is 0 Å². The molecule has 7 aromatic carbocycles. The number of benzene rings is 7. The minimum absolute atomic E-state index is 0.701. The third kappa shape index (κ3) is 5.96. The number of fused-ring (bicyclic) bond motifs is 4. The normalized spacial score (nSPS) is 11.3. The van der Waals surface area contributed by atoms with Crippen LogP contribution in [0, 0.1) is 0 Å². The van der Waals surface area contributed by atoms with Crippen LogP contribution in [-0.4, -0.2) is 19.9 Å². The van der Waals surface area contributed by atoms with Crippen molar-refractivity contribution in [3.8, 4) is 67.4 Å². The van der Waals surface area contributed by atoms with Crippen molar-refractivity contribution in [2.24, 2.45) is 0 Å². The van der Waals surface area contributed by atoms with Gasteiger partial charge in [0.1, 0.15) is 0 Å². The average molecular weight is 689 g/mol. The first-order valence-corrected chi connectivity index (χ1v) is 18.1. The monoisotopic (exact) mass is 688 g/mol. The molecule has 54 heavy (non-hydrogen) atoms. The predicted molar refractivity (Wildman–Crippen MR) is 223 cm³/mol. The van der Waals surface area contributed by atoms with Gasteiger partial charge in [0, 0.05) is 39.2 Å². The largest absolute Gasteiger partial charge is 0.254 e. The van der Waals surface area contributed by atoms with Crippen LogP contribution in [0.1, 0.15) is 0 Å². The molecule has 0 aliphatic carbocycles. The zero-order valence-corrected chi connectivity index (χ0v) is 29.3. The van der Waals surface area contributed by atoms with E-state index in [-0.39, 0.29) is 0 Å². The van der Waals surface area contributed by atoms with Gasteiger partial charge in [-0.25, -0.2) is 15.0 Å². The Morgan fingerprint density at radius 1 is 0.259 bits per heavy atom. The fraction of sp³-hybridized carbons (Fsp3) is 0. The Bertz CT molecular complexity index is 2970. The first-order chi connectivity index (χ1) is 26.7. The van der Waals surface area contributed by atoms with E-state index in [0.717, 1.165) is 77.7 Å². The summed E-state index contributed by atoms with van der Waals surface area (Å²) in [6, 6.07) is 65.7. The predicted octanol–water partition coefficient (Wildman–Crippen LogP) is 12.7. The molecular weight excluding hydrogens is 657 g/mol. The van der Waals surface area contributed by atoms with Crippen LogP contribution in [0.4, 0.5) is 0 Å². The Hall–Kier alpha value is -7.30. The third-order valence-corrected chi connectivity index (χ3v) is 10.1. The lowest BCUT2D eigenvalue weighted by atomic mass is 9.97. The summed E-state index contributed by atoms with van der Waals surface area (Å²) in [5.74, 6) is 0.701. The Balaban J connectivity index is 0.996. The topological polar surface area (TPSA) is 51.6 Å². The van der Waals surface area contributed by atoms with Gasteiger partial charge in [-0.3, -0.25) is 4.98 Å². The molecule has 0 atom stereocenters. The molecular formula is C50H32N4. The fourth-order valence-corrected chi connectivity index (χ4v) is 7.25. The quantitative estimate of drug-likeness (QED) is 0.163. The maximum Gasteiger partial charge on any atom is 0.160 e. The van der Waals surface area contributed by atoms with E-state index >= 15 is 0 Å². The second kappa shape index (κ2) is 13.4. The lowest BCUT2D eigenvalue weighted by Gasteiger charge is -2.12. The maximum absolute atomic E-state index is 5.10. The lowest BCUT2D eigenvalue weighted by molar-refractivity contribution is 1.18. The summed E-state index contributed by atoms with van der Waals surface area (Å²) in [5.41, 5.74) is 13.3. The highest BCUT2D eigenvalue weighted by Crippen LogP contribution is 2.34. The Morgan fingerprint density at radius 3 is 1.56 bits per heavy atom. The zero-order valence-electron chi connectivity index (χ0n) is 29.3. The number of rotatable bonds is 6. The van der Waals surface area contributed by atoms with E-state index in [4.69, 9.17) is 15.0 Å². The summed E-state index contributed by atoms with van der Waals surface area (Å²) in [4.78, 5) is 19.9. The van der Waals surface area contributed by atoms with Crippen LogP contribution in [-0.2, 0) is 0 Å². The summed E-state index contributed by atoms with van der Waals surface area (Å²) >= 11 is 0. The van der Waals surface area contributed by atoms with Crippen LogP contribution in [0.3, 0.4) is 0 Å². The first kappa shape index (κ1) is 31.4. The SMILES string of the molecule is c1ccc(-c2ccc(-c3cc(-c4cccc(-c5ccc6cc(-c7ccc8ccc9cccnc9c8n7)ccc6c5)c4)nc(-c4ccccc4)n3)cc2)cc1. The second-order valence-corrected chi connectivity index (χ2v) is 13.5. The van der Waals surface area contributed by atoms with Crippen molar-refractivity contribution in [1.82, 2.24) is 19.9 Å². The van der Waals surface area contributed by atoms with Crippen molar-refractivity contribution >= 4 is 32.6 Å². The summed E-state index contributed by atoms with van der Waals surface area (Å²) in [5, 5.41) is 4.51. The summed E-state index contributed by atoms with van der Waals surface area (Å²) in [6.45, 7) is 0. The lowest BCUT2D eigenvalue weighted by Crippen LogP contribution is -1.96. The van der Waals surface area contributed by atoms with Gasteiger partial charge in [0.15, 0.2) is 5.82 Å². The summed E-state index contributed by atoms with van der Waals surface area (Å²) in [6.07, 6.45) is 1.83. The summed E-state index contributed by atoms with van der Waals surface area (Å²) in [7, 11) is 0. The molecule has 0 saturated heterocycles. The molecule has 0 N–H and O–H groups in total. The van der Waals surface area contributed by atoms with Crippen molar-refractivity contribution < 1.29 is 0 Å². The third-order valence-electron chi connectivity index (χ3n) is 10.1. The van der Waals surface area contributed by atoms with Crippen LogP contribution in [0.25, 0.3) is 100.0 Å². The zero-order chi connectivity index (χ0) is 35.8.